The van der Waals surface area contributed by atoms with Gasteiger partial charge in [0, 0.05) is 42.3 Å². The van der Waals surface area contributed by atoms with Crippen LogP contribution in [0.15, 0.2) is 65.4 Å². The molecule has 0 aliphatic carbocycles. The maximum atomic E-state index is 13.0. The number of fused-ring (bicyclic) bond motifs is 1. The lowest BCUT2D eigenvalue weighted by atomic mass is 9.86. The van der Waals surface area contributed by atoms with Crippen LogP contribution in [0.2, 0.25) is 0 Å². The van der Waals surface area contributed by atoms with Gasteiger partial charge in [0.1, 0.15) is 0 Å². The van der Waals surface area contributed by atoms with Crippen LogP contribution in [0, 0.1) is 0 Å². The minimum absolute atomic E-state index is 0.0599. The Morgan fingerprint density at radius 2 is 2.04 bits per heavy atom. The zero-order valence-electron chi connectivity index (χ0n) is 13.9. The number of hydrogen-bond acceptors (Lipinski definition) is 2. The molecule has 25 heavy (non-hydrogen) atoms. The number of amides is 1. The molecule has 0 spiro atoms. The molecule has 1 aliphatic heterocycles. The summed E-state index contributed by atoms with van der Waals surface area (Å²) in [5.74, 6) is 0.208. The number of nitrogens with zero attached hydrogens (tertiary/aromatic N) is 3. The van der Waals surface area contributed by atoms with E-state index in [0.717, 1.165) is 10.0 Å². The highest BCUT2D eigenvalue weighted by molar-refractivity contribution is 9.10. The summed E-state index contributed by atoms with van der Waals surface area (Å²) in [7, 11) is 1.92. The summed E-state index contributed by atoms with van der Waals surface area (Å²) >= 11 is 3.45. The second kappa shape index (κ2) is 6.48. The van der Waals surface area contributed by atoms with E-state index in [1.54, 1.807) is 0 Å². The molecule has 0 saturated heterocycles. The van der Waals surface area contributed by atoms with Crippen LogP contribution in [0.25, 0.3) is 0 Å². The second-order valence-electron chi connectivity index (χ2n) is 6.39. The number of carbonyl (C=O) groups is 1. The largest absolute Gasteiger partial charge is 0.333 e. The minimum atomic E-state index is 0.0599. The fourth-order valence-electron chi connectivity index (χ4n) is 3.47. The highest BCUT2D eigenvalue weighted by Gasteiger charge is 2.30. The minimum Gasteiger partial charge on any atom is -0.333 e. The van der Waals surface area contributed by atoms with Crippen molar-refractivity contribution in [3.8, 4) is 0 Å². The monoisotopic (exact) mass is 395 g/mol. The van der Waals surface area contributed by atoms with Crippen molar-refractivity contribution in [2.75, 3.05) is 6.54 Å². The lowest BCUT2D eigenvalue weighted by molar-refractivity contribution is 0.0725. The SMILES string of the molecule is Cn1cc(C2CN(C(=O)c3cccc(Br)c3)Cc3ccccc32)cn1. The fraction of sp³-hybridized carbons (Fsp3) is 0.200. The molecule has 1 unspecified atom stereocenters. The molecule has 5 heteroatoms. The normalized spacial score (nSPS) is 16.6. The summed E-state index contributed by atoms with van der Waals surface area (Å²) in [5, 5.41) is 4.31. The lowest BCUT2D eigenvalue weighted by Crippen LogP contribution is -2.38. The zero-order chi connectivity index (χ0) is 17.4. The highest BCUT2D eigenvalue weighted by atomic mass is 79.9. The molecule has 2 heterocycles. The Labute approximate surface area is 155 Å². The Morgan fingerprint density at radius 1 is 1.20 bits per heavy atom. The fourth-order valence-corrected chi connectivity index (χ4v) is 3.87. The van der Waals surface area contributed by atoms with Crippen molar-refractivity contribution in [2.24, 2.45) is 7.05 Å². The van der Waals surface area contributed by atoms with E-state index in [9.17, 15) is 4.79 Å². The molecule has 0 N–H and O–H groups in total. The van der Waals surface area contributed by atoms with Crippen molar-refractivity contribution in [3.63, 3.8) is 0 Å². The van der Waals surface area contributed by atoms with E-state index in [-0.39, 0.29) is 11.8 Å². The Hall–Kier alpha value is -2.40. The number of aryl methyl sites for hydroxylation is 1. The third-order valence-corrected chi connectivity index (χ3v) is 5.17. The first-order valence-electron chi connectivity index (χ1n) is 8.23. The summed E-state index contributed by atoms with van der Waals surface area (Å²) < 4.78 is 2.73. The number of carbonyl (C=O) groups excluding carboxylic acids is 1. The predicted molar refractivity (Wildman–Crippen MR) is 100 cm³/mol. The van der Waals surface area contributed by atoms with Crippen LogP contribution in [0.4, 0.5) is 0 Å². The van der Waals surface area contributed by atoms with E-state index >= 15 is 0 Å². The Bertz CT molecular complexity index is 934. The molecule has 1 amide bonds. The summed E-state index contributed by atoms with van der Waals surface area (Å²) in [6, 6.07) is 15.9. The molecule has 0 bridgehead atoms. The van der Waals surface area contributed by atoms with Gasteiger partial charge in [0.05, 0.1) is 6.20 Å². The van der Waals surface area contributed by atoms with Gasteiger partial charge < -0.3 is 4.90 Å². The van der Waals surface area contributed by atoms with Gasteiger partial charge in [-0.2, -0.15) is 5.10 Å². The van der Waals surface area contributed by atoms with Crippen LogP contribution in [0.5, 0.6) is 0 Å². The molecule has 0 fully saturated rings. The summed E-state index contributed by atoms with van der Waals surface area (Å²) in [4.78, 5) is 15.0. The van der Waals surface area contributed by atoms with Gasteiger partial charge in [-0.25, -0.2) is 0 Å². The maximum absolute atomic E-state index is 13.0. The van der Waals surface area contributed by atoms with Gasteiger partial charge in [0.15, 0.2) is 0 Å². The average Bonchev–Trinajstić information content (AvgIpc) is 3.06. The van der Waals surface area contributed by atoms with Crippen LogP contribution in [-0.2, 0) is 13.6 Å². The molecule has 0 saturated carbocycles. The van der Waals surface area contributed by atoms with Crippen molar-refractivity contribution < 1.29 is 4.79 Å². The molecule has 4 nitrogen and oxygen atoms in total. The van der Waals surface area contributed by atoms with Crippen molar-refractivity contribution >= 4 is 21.8 Å². The van der Waals surface area contributed by atoms with Crippen molar-refractivity contribution in [2.45, 2.75) is 12.5 Å². The van der Waals surface area contributed by atoms with E-state index in [1.807, 2.05) is 59.4 Å². The summed E-state index contributed by atoms with van der Waals surface area (Å²) in [6.45, 7) is 1.30. The maximum Gasteiger partial charge on any atom is 0.254 e. The summed E-state index contributed by atoms with van der Waals surface area (Å²) in [5.41, 5.74) is 4.33. The van der Waals surface area contributed by atoms with E-state index in [0.29, 0.717) is 18.7 Å². The van der Waals surface area contributed by atoms with E-state index in [4.69, 9.17) is 0 Å². The number of halogens is 1. The quantitative estimate of drug-likeness (QED) is 0.658. The van der Waals surface area contributed by atoms with Crippen molar-refractivity contribution in [1.29, 1.82) is 0 Å². The molecule has 3 aromatic rings. The Morgan fingerprint density at radius 3 is 2.80 bits per heavy atom. The van der Waals surface area contributed by atoms with E-state index in [2.05, 4.69) is 39.2 Å². The number of aromatic nitrogens is 2. The smallest absolute Gasteiger partial charge is 0.254 e. The highest BCUT2D eigenvalue weighted by Crippen LogP contribution is 2.34. The molecule has 0 radical (unpaired) electrons. The zero-order valence-corrected chi connectivity index (χ0v) is 15.5. The van der Waals surface area contributed by atoms with Crippen molar-refractivity contribution in [1.82, 2.24) is 14.7 Å². The van der Waals surface area contributed by atoms with E-state index in [1.165, 1.54) is 11.1 Å². The third-order valence-electron chi connectivity index (χ3n) is 4.68. The Balaban J connectivity index is 1.71. The summed E-state index contributed by atoms with van der Waals surface area (Å²) in [6.07, 6.45) is 3.93. The first kappa shape index (κ1) is 16.1. The number of rotatable bonds is 2. The topological polar surface area (TPSA) is 38.1 Å². The van der Waals surface area contributed by atoms with Gasteiger partial charge in [-0.3, -0.25) is 9.48 Å². The van der Waals surface area contributed by atoms with Crippen LogP contribution in [0.3, 0.4) is 0 Å². The molecule has 1 atom stereocenters. The standard InChI is InChI=1S/C20H18BrN3O/c1-23-11-16(10-22-23)19-13-24(12-15-5-2-3-8-18(15)19)20(25)14-6-4-7-17(21)9-14/h2-11,19H,12-13H2,1H3. The predicted octanol–water partition coefficient (Wildman–Crippen LogP) is 3.97. The molecule has 1 aliphatic rings. The third kappa shape index (κ3) is 3.12. The van der Waals surface area contributed by atoms with Crippen LogP contribution in [0.1, 0.15) is 33.0 Å². The molecular weight excluding hydrogens is 378 g/mol. The molecule has 4 rings (SSSR count). The van der Waals surface area contributed by atoms with Crippen LogP contribution in [-0.4, -0.2) is 27.1 Å². The van der Waals surface area contributed by atoms with Crippen LogP contribution < -0.4 is 0 Å². The lowest BCUT2D eigenvalue weighted by Gasteiger charge is -2.34. The van der Waals surface area contributed by atoms with Gasteiger partial charge in [-0.1, -0.05) is 46.3 Å². The van der Waals surface area contributed by atoms with E-state index < -0.39 is 0 Å². The molecule has 2 aromatic carbocycles. The molecule has 1 aromatic heterocycles. The van der Waals surface area contributed by atoms with Gasteiger partial charge in [-0.15, -0.1) is 0 Å². The van der Waals surface area contributed by atoms with Gasteiger partial charge in [-0.05, 0) is 34.9 Å². The number of hydrogen-bond donors (Lipinski definition) is 0. The Kier molecular flexibility index (Phi) is 4.17. The molecule has 126 valence electrons. The first-order chi connectivity index (χ1) is 12.1. The second-order valence-corrected chi connectivity index (χ2v) is 7.31. The van der Waals surface area contributed by atoms with Gasteiger partial charge in [0.2, 0.25) is 0 Å². The average molecular weight is 396 g/mol. The van der Waals surface area contributed by atoms with Crippen molar-refractivity contribution in [3.05, 3.63) is 87.7 Å². The van der Waals surface area contributed by atoms with Gasteiger partial charge >= 0.3 is 0 Å². The van der Waals surface area contributed by atoms with Crippen LogP contribution >= 0.6 is 15.9 Å². The van der Waals surface area contributed by atoms with Gasteiger partial charge in [0.25, 0.3) is 5.91 Å². The molecular formula is C20H18BrN3O. The first-order valence-corrected chi connectivity index (χ1v) is 9.02. The number of benzene rings is 2.